The zero-order valence-electron chi connectivity index (χ0n) is 10.0. The van der Waals surface area contributed by atoms with Crippen LogP contribution in [0.25, 0.3) is 0 Å². The van der Waals surface area contributed by atoms with Crippen molar-refractivity contribution in [2.75, 3.05) is 11.9 Å². The molecule has 3 nitrogen and oxygen atoms in total. The van der Waals surface area contributed by atoms with Crippen molar-refractivity contribution in [2.24, 2.45) is 0 Å². The fourth-order valence-corrected chi connectivity index (χ4v) is 2.29. The van der Waals surface area contributed by atoms with Crippen molar-refractivity contribution in [3.8, 4) is 0 Å². The number of amides is 1. The normalized spacial score (nSPS) is 18.9. The van der Waals surface area contributed by atoms with Crippen molar-refractivity contribution in [3.05, 3.63) is 29.0 Å². The third kappa shape index (κ3) is 3.68. The van der Waals surface area contributed by atoms with Gasteiger partial charge in [0.05, 0.1) is 5.02 Å². The quantitative estimate of drug-likeness (QED) is 0.883. The smallest absolute Gasteiger partial charge is 0.224 e. The van der Waals surface area contributed by atoms with Crippen molar-refractivity contribution >= 4 is 23.2 Å². The standard InChI is InChI=1S/C13H16ClFN2O/c14-11-8-10(3-5-12(11)15)17-13(18)6-4-9-2-1-7-16-9/h3,5,8-9,16H,1-2,4,6-7H2,(H,17,18). The second-order valence-electron chi connectivity index (χ2n) is 4.51. The topological polar surface area (TPSA) is 41.1 Å². The Morgan fingerprint density at radius 1 is 1.56 bits per heavy atom. The summed E-state index contributed by atoms with van der Waals surface area (Å²) in [6, 6.07) is 4.62. The molecular formula is C13H16ClFN2O. The van der Waals surface area contributed by atoms with Gasteiger partial charge in [-0.25, -0.2) is 4.39 Å². The summed E-state index contributed by atoms with van der Waals surface area (Å²) in [7, 11) is 0. The van der Waals surface area contributed by atoms with Gasteiger partial charge in [0.25, 0.3) is 0 Å². The molecule has 18 heavy (non-hydrogen) atoms. The van der Waals surface area contributed by atoms with Crippen LogP contribution in [0.3, 0.4) is 0 Å². The Kier molecular flexibility index (Phi) is 4.55. The molecule has 1 aromatic carbocycles. The molecule has 2 N–H and O–H groups in total. The van der Waals surface area contributed by atoms with Gasteiger partial charge in [-0.3, -0.25) is 4.79 Å². The van der Waals surface area contributed by atoms with Gasteiger partial charge in [-0.2, -0.15) is 0 Å². The number of rotatable bonds is 4. The van der Waals surface area contributed by atoms with Crippen molar-refractivity contribution in [3.63, 3.8) is 0 Å². The minimum absolute atomic E-state index is 0.0188. The van der Waals surface area contributed by atoms with Crippen LogP contribution in [0.2, 0.25) is 5.02 Å². The molecule has 0 saturated carbocycles. The maximum absolute atomic E-state index is 12.9. The SMILES string of the molecule is O=C(CCC1CCCN1)Nc1ccc(F)c(Cl)c1. The average molecular weight is 271 g/mol. The van der Waals surface area contributed by atoms with Crippen LogP contribution in [0.15, 0.2) is 18.2 Å². The van der Waals surface area contributed by atoms with E-state index < -0.39 is 5.82 Å². The molecular weight excluding hydrogens is 255 g/mol. The van der Waals surface area contributed by atoms with E-state index in [1.807, 2.05) is 0 Å². The van der Waals surface area contributed by atoms with E-state index in [0.717, 1.165) is 19.4 Å². The molecule has 0 aliphatic carbocycles. The van der Waals surface area contributed by atoms with Gasteiger partial charge in [0.1, 0.15) is 5.82 Å². The highest BCUT2D eigenvalue weighted by molar-refractivity contribution is 6.31. The monoisotopic (exact) mass is 270 g/mol. The number of benzene rings is 1. The first-order valence-corrected chi connectivity index (χ1v) is 6.51. The number of hydrogen-bond donors (Lipinski definition) is 2. The molecule has 0 bridgehead atoms. The molecule has 1 saturated heterocycles. The van der Waals surface area contributed by atoms with Crippen LogP contribution in [0.5, 0.6) is 0 Å². The van der Waals surface area contributed by atoms with Crippen LogP contribution in [0.4, 0.5) is 10.1 Å². The molecule has 98 valence electrons. The molecule has 1 heterocycles. The predicted molar refractivity (Wildman–Crippen MR) is 70.3 cm³/mol. The number of nitrogens with one attached hydrogen (secondary N) is 2. The number of anilines is 1. The lowest BCUT2D eigenvalue weighted by molar-refractivity contribution is -0.116. The van der Waals surface area contributed by atoms with Gasteiger partial charge in [-0.05, 0) is 44.0 Å². The average Bonchev–Trinajstić information content (AvgIpc) is 2.84. The Morgan fingerprint density at radius 2 is 2.39 bits per heavy atom. The highest BCUT2D eigenvalue weighted by atomic mass is 35.5. The molecule has 1 aliphatic heterocycles. The van der Waals surface area contributed by atoms with Gasteiger partial charge >= 0.3 is 0 Å². The van der Waals surface area contributed by atoms with Gasteiger partial charge in [0.2, 0.25) is 5.91 Å². The molecule has 0 aromatic heterocycles. The van der Waals surface area contributed by atoms with Crippen LogP contribution in [0.1, 0.15) is 25.7 Å². The first kappa shape index (κ1) is 13.3. The second kappa shape index (κ2) is 6.16. The lowest BCUT2D eigenvalue weighted by Gasteiger charge is -2.10. The molecule has 1 amide bonds. The lowest BCUT2D eigenvalue weighted by atomic mass is 10.1. The third-order valence-corrected chi connectivity index (χ3v) is 3.38. The molecule has 1 aliphatic rings. The Hall–Kier alpha value is -1.13. The fraction of sp³-hybridized carbons (Fsp3) is 0.462. The molecule has 1 fully saturated rings. The van der Waals surface area contributed by atoms with E-state index in [-0.39, 0.29) is 10.9 Å². The first-order chi connectivity index (χ1) is 8.65. The van der Waals surface area contributed by atoms with Crippen molar-refractivity contribution in [1.29, 1.82) is 0 Å². The minimum Gasteiger partial charge on any atom is -0.326 e. The van der Waals surface area contributed by atoms with Gasteiger partial charge in [-0.1, -0.05) is 11.6 Å². The van der Waals surface area contributed by atoms with E-state index in [2.05, 4.69) is 10.6 Å². The molecule has 1 atom stereocenters. The van der Waals surface area contributed by atoms with Crippen LogP contribution >= 0.6 is 11.6 Å². The highest BCUT2D eigenvalue weighted by Crippen LogP contribution is 2.19. The van der Waals surface area contributed by atoms with Crippen molar-refractivity contribution in [2.45, 2.75) is 31.7 Å². The zero-order chi connectivity index (χ0) is 13.0. The highest BCUT2D eigenvalue weighted by Gasteiger charge is 2.15. The van der Waals surface area contributed by atoms with Crippen molar-refractivity contribution < 1.29 is 9.18 Å². The Labute approximate surface area is 111 Å². The van der Waals surface area contributed by atoms with E-state index in [0.29, 0.717) is 18.2 Å². The summed E-state index contributed by atoms with van der Waals surface area (Å²) in [5.41, 5.74) is 0.533. The van der Waals surface area contributed by atoms with E-state index in [4.69, 9.17) is 11.6 Å². The molecule has 0 spiro atoms. The first-order valence-electron chi connectivity index (χ1n) is 6.13. The van der Waals surface area contributed by atoms with Gasteiger partial charge in [-0.15, -0.1) is 0 Å². The summed E-state index contributed by atoms with van der Waals surface area (Å²) in [6.07, 6.45) is 3.61. The molecule has 2 rings (SSSR count). The number of carbonyl (C=O) groups excluding carboxylic acids is 1. The van der Waals surface area contributed by atoms with Crippen LogP contribution < -0.4 is 10.6 Å². The molecule has 5 heteroatoms. The Bertz CT molecular complexity index is 433. The number of halogens is 2. The molecule has 1 aromatic rings. The third-order valence-electron chi connectivity index (χ3n) is 3.09. The summed E-state index contributed by atoms with van der Waals surface area (Å²) in [5, 5.41) is 6.08. The second-order valence-corrected chi connectivity index (χ2v) is 4.92. The van der Waals surface area contributed by atoms with Gasteiger partial charge in [0.15, 0.2) is 0 Å². The summed E-state index contributed by atoms with van der Waals surface area (Å²) < 4.78 is 12.9. The van der Waals surface area contributed by atoms with Crippen LogP contribution in [-0.2, 0) is 4.79 Å². The van der Waals surface area contributed by atoms with Crippen molar-refractivity contribution in [1.82, 2.24) is 5.32 Å². The van der Waals surface area contributed by atoms with E-state index in [1.54, 1.807) is 0 Å². The molecule has 1 unspecified atom stereocenters. The summed E-state index contributed by atoms with van der Waals surface area (Å²) >= 11 is 5.64. The molecule has 0 radical (unpaired) electrons. The lowest BCUT2D eigenvalue weighted by Crippen LogP contribution is -2.23. The van der Waals surface area contributed by atoms with Gasteiger partial charge in [0, 0.05) is 18.2 Å². The van der Waals surface area contributed by atoms with Crippen LogP contribution in [0, 0.1) is 5.82 Å². The van der Waals surface area contributed by atoms with E-state index >= 15 is 0 Å². The Balaban J connectivity index is 1.80. The van der Waals surface area contributed by atoms with E-state index in [9.17, 15) is 9.18 Å². The number of carbonyl (C=O) groups is 1. The summed E-state index contributed by atoms with van der Waals surface area (Å²) in [5.74, 6) is -0.545. The maximum atomic E-state index is 12.9. The minimum atomic E-state index is -0.482. The largest absolute Gasteiger partial charge is 0.326 e. The zero-order valence-corrected chi connectivity index (χ0v) is 10.8. The van der Waals surface area contributed by atoms with Crippen LogP contribution in [-0.4, -0.2) is 18.5 Å². The summed E-state index contributed by atoms with van der Waals surface area (Å²) in [4.78, 5) is 11.7. The maximum Gasteiger partial charge on any atom is 0.224 e. The summed E-state index contributed by atoms with van der Waals surface area (Å²) in [6.45, 7) is 1.04. The number of hydrogen-bond acceptors (Lipinski definition) is 2. The Morgan fingerprint density at radius 3 is 3.06 bits per heavy atom. The fourth-order valence-electron chi connectivity index (χ4n) is 2.11. The predicted octanol–water partition coefficient (Wildman–Crippen LogP) is 2.95. The van der Waals surface area contributed by atoms with Gasteiger partial charge < -0.3 is 10.6 Å². The van der Waals surface area contributed by atoms with E-state index in [1.165, 1.54) is 24.6 Å².